The highest BCUT2D eigenvalue weighted by molar-refractivity contribution is 5.81. The number of hydrogen-bond acceptors (Lipinski definition) is 3. The average molecular weight is 306 g/mol. The highest BCUT2D eigenvalue weighted by Gasteiger charge is 2.20. The predicted molar refractivity (Wildman–Crippen MR) is 86.6 cm³/mol. The Morgan fingerprint density at radius 2 is 1.73 bits per heavy atom. The normalized spacial score (nSPS) is 10.9. The molecule has 0 aliphatic carbocycles. The molecule has 0 aliphatic rings. The lowest BCUT2D eigenvalue weighted by Crippen LogP contribution is -2.36. The molecule has 0 heterocycles. The molecule has 5 heteroatoms. The van der Waals surface area contributed by atoms with Gasteiger partial charge in [0.2, 0.25) is 11.8 Å². The number of benzene rings is 1. The van der Waals surface area contributed by atoms with Gasteiger partial charge < -0.3 is 15.4 Å². The summed E-state index contributed by atoms with van der Waals surface area (Å²) >= 11 is 0. The molecule has 5 nitrogen and oxygen atoms in total. The van der Waals surface area contributed by atoms with Crippen molar-refractivity contribution in [3.8, 4) is 5.75 Å². The standard InChI is InChI=1S/C17H26N2O3/c1-17(2,3)16(21)19-11-7-10-15(20)18-12-13-22-14-8-5-4-6-9-14/h4-6,8-9H,7,10-13H2,1-3H3,(H,18,20)(H,19,21). The average Bonchev–Trinajstić information content (AvgIpc) is 2.48. The Balaban J connectivity index is 2.03. The van der Waals surface area contributed by atoms with E-state index in [0.717, 1.165) is 5.75 Å². The van der Waals surface area contributed by atoms with Crippen molar-refractivity contribution in [3.63, 3.8) is 0 Å². The summed E-state index contributed by atoms with van der Waals surface area (Å²) in [5.41, 5.74) is -0.392. The molecule has 0 saturated heterocycles. The van der Waals surface area contributed by atoms with Crippen molar-refractivity contribution in [2.24, 2.45) is 5.41 Å². The van der Waals surface area contributed by atoms with E-state index in [1.165, 1.54) is 0 Å². The lowest BCUT2D eigenvalue weighted by atomic mass is 9.96. The Kier molecular flexibility index (Phi) is 7.43. The van der Waals surface area contributed by atoms with Crippen LogP contribution in [0.1, 0.15) is 33.6 Å². The summed E-state index contributed by atoms with van der Waals surface area (Å²) in [7, 11) is 0. The van der Waals surface area contributed by atoms with Crippen molar-refractivity contribution in [1.29, 1.82) is 0 Å². The van der Waals surface area contributed by atoms with E-state index in [0.29, 0.717) is 32.5 Å². The van der Waals surface area contributed by atoms with Crippen LogP contribution in [0.2, 0.25) is 0 Å². The van der Waals surface area contributed by atoms with Crippen LogP contribution in [-0.2, 0) is 9.59 Å². The molecular formula is C17H26N2O3. The van der Waals surface area contributed by atoms with E-state index < -0.39 is 5.41 Å². The van der Waals surface area contributed by atoms with Crippen molar-refractivity contribution < 1.29 is 14.3 Å². The summed E-state index contributed by atoms with van der Waals surface area (Å²) < 4.78 is 5.48. The van der Waals surface area contributed by atoms with E-state index in [2.05, 4.69) is 10.6 Å². The molecule has 0 saturated carbocycles. The molecule has 0 bridgehead atoms. The minimum Gasteiger partial charge on any atom is -0.492 e. The van der Waals surface area contributed by atoms with Crippen LogP contribution < -0.4 is 15.4 Å². The molecule has 1 aromatic carbocycles. The van der Waals surface area contributed by atoms with E-state index in [4.69, 9.17) is 4.74 Å². The number of carbonyl (C=O) groups excluding carboxylic acids is 2. The summed E-state index contributed by atoms with van der Waals surface area (Å²) in [6, 6.07) is 9.48. The minimum absolute atomic E-state index is 0.00386. The maximum atomic E-state index is 11.6. The van der Waals surface area contributed by atoms with Crippen molar-refractivity contribution in [2.45, 2.75) is 33.6 Å². The number of ether oxygens (including phenoxy) is 1. The molecule has 0 aromatic heterocycles. The van der Waals surface area contributed by atoms with Gasteiger partial charge in [-0.25, -0.2) is 0 Å². The van der Waals surface area contributed by atoms with Crippen LogP contribution in [0.3, 0.4) is 0 Å². The Morgan fingerprint density at radius 3 is 2.36 bits per heavy atom. The monoisotopic (exact) mass is 306 g/mol. The van der Waals surface area contributed by atoms with E-state index in [1.807, 2.05) is 51.1 Å². The number of amides is 2. The van der Waals surface area contributed by atoms with Gasteiger partial charge in [-0.1, -0.05) is 39.0 Å². The van der Waals surface area contributed by atoms with Crippen LogP contribution in [0.5, 0.6) is 5.75 Å². The third-order valence-corrected chi connectivity index (χ3v) is 2.98. The molecule has 122 valence electrons. The molecule has 22 heavy (non-hydrogen) atoms. The molecule has 1 aromatic rings. The molecule has 0 radical (unpaired) electrons. The highest BCUT2D eigenvalue weighted by Crippen LogP contribution is 2.12. The van der Waals surface area contributed by atoms with Gasteiger partial charge in [-0.3, -0.25) is 9.59 Å². The summed E-state index contributed by atoms with van der Waals surface area (Å²) in [6.45, 7) is 7.02. The van der Waals surface area contributed by atoms with Crippen molar-refractivity contribution in [2.75, 3.05) is 19.7 Å². The Bertz CT molecular complexity index is 467. The van der Waals surface area contributed by atoms with Crippen LogP contribution in [-0.4, -0.2) is 31.5 Å². The first-order valence-electron chi connectivity index (χ1n) is 7.62. The summed E-state index contributed by atoms with van der Waals surface area (Å²) in [6.07, 6.45) is 1.03. The van der Waals surface area contributed by atoms with Gasteiger partial charge in [0.1, 0.15) is 12.4 Å². The molecular weight excluding hydrogens is 280 g/mol. The van der Waals surface area contributed by atoms with Gasteiger partial charge in [-0.05, 0) is 18.6 Å². The first-order chi connectivity index (χ1) is 10.4. The molecule has 2 amide bonds. The van der Waals surface area contributed by atoms with Crippen molar-refractivity contribution >= 4 is 11.8 Å². The Labute approximate surface area is 132 Å². The van der Waals surface area contributed by atoms with Crippen molar-refractivity contribution in [1.82, 2.24) is 10.6 Å². The van der Waals surface area contributed by atoms with Gasteiger partial charge in [0.15, 0.2) is 0 Å². The fraction of sp³-hybridized carbons (Fsp3) is 0.529. The fourth-order valence-corrected chi connectivity index (χ4v) is 1.68. The Morgan fingerprint density at radius 1 is 1.05 bits per heavy atom. The Hall–Kier alpha value is -2.04. The SMILES string of the molecule is CC(C)(C)C(=O)NCCCC(=O)NCCOc1ccccc1. The molecule has 0 aliphatic heterocycles. The lowest BCUT2D eigenvalue weighted by Gasteiger charge is -2.17. The van der Waals surface area contributed by atoms with Gasteiger partial charge >= 0.3 is 0 Å². The third kappa shape index (κ3) is 7.67. The summed E-state index contributed by atoms with van der Waals surface area (Å²) in [5.74, 6) is 0.771. The quantitative estimate of drug-likeness (QED) is 0.723. The van der Waals surface area contributed by atoms with Crippen LogP contribution in [0.4, 0.5) is 0 Å². The number of nitrogens with one attached hydrogen (secondary N) is 2. The molecule has 0 fully saturated rings. The maximum absolute atomic E-state index is 11.6. The zero-order valence-electron chi connectivity index (χ0n) is 13.6. The summed E-state index contributed by atoms with van der Waals surface area (Å²) in [5, 5.41) is 5.62. The molecule has 0 atom stereocenters. The first-order valence-corrected chi connectivity index (χ1v) is 7.62. The van der Waals surface area contributed by atoms with E-state index in [9.17, 15) is 9.59 Å². The van der Waals surface area contributed by atoms with Crippen LogP contribution >= 0.6 is 0 Å². The van der Waals surface area contributed by atoms with Crippen LogP contribution in [0.15, 0.2) is 30.3 Å². The molecule has 0 unspecified atom stereocenters. The van der Waals surface area contributed by atoms with Gasteiger partial charge in [0.25, 0.3) is 0 Å². The van der Waals surface area contributed by atoms with Gasteiger partial charge in [-0.15, -0.1) is 0 Å². The van der Waals surface area contributed by atoms with E-state index >= 15 is 0 Å². The smallest absolute Gasteiger partial charge is 0.225 e. The van der Waals surface area contributed by atoms with Crippen LogP contribution in [0.25, 0.3) is 0 Å². The van der Waals surface area contributed by atoms with Gasteiger partial charge in [-0.2, -0.15) is 0 Å². The topological polar surface area (TPSA) is 67.4 Å². The largest absolute Gasteiger partial charge is 0.492 e. The highest BCUT2D eigenvalue weighted by atomic mass is 16.5. The number of para-hydroxylation sites is 1. The number of hydrogen-bond donors (Lipinski definition) is 2. The lowest BCUT2D eigenvalue weighted by molar-refractivity contribution is -0.128. The molecule has 0 spiro atoms. The van der Waals surface area contributed by atoms with Gasteiger partial charge in [0.05, 0.1) is 6.54 Å². The maximum Gasteiger partial charge on any atom is 0.225 e. The van der Waals surface area contributed by atoms with E-state index in [1.54, 1.807) is 0 Å². The zero-order chi connectivity index (χ0) is 16.4. The predicted octanol–water partition coefficient (Wildman–Crippen LogP) is 2.12. The van der Waals surface area contributed by atoms with Gasteiger partial charge in [0, 0.05) is 18.4 Å². The second-order valence-electron chi connectivity index (χ2n) is 6.12. The van der Waals surface area contributed by atoms with E-state index in [-0.39, 0.29) is 11.8 Å². The number of carbonyl (C=O) groups is 2. The second-order valence-corrected chi connectivity index (χ2v) is 6.12. The third-order valence-electron chi connectivity index (χ3n) is 2.98. The second kappa shape index (κ2) is 9.07. The van der Waals surface area contributed by atoms with Crippen LogP contribution in [0, 0.1) is 5.41 Å². The minimum atomic E-state index is -0.392. The van der Waals surface area contributed by atoms with Crippen molar-refractivity contribution in [3.05, 3.63) is 30.3 Å². The number of rotatable bonds is 8. The fourth-order valence-electron chi connectivity index (χ4n) is 1.68. The first kappa shape index (κ1) is 18.0. The summed E-state index contributed by atoms with van der Waals surface area (Å²) in [4.78, 5) is 23.2. The zero-order valence-corrected chi connectivity index (χ0v) is 13.6. The molecule has 1 rings (SSSR count). The molecule has 2 N–H and O–H groups in total.